The molecule has 0 saturated carbocycles. The number of carbonyl (C=O) groups is 4. The molecule has 1 saturated heterocycles. The molecule has 0 unspecified atom stereocenters. The van der Waals surface area contributed by atoms with Crippen molar-refractivity contribution in [2.75, 3.05) is 19.5 Å². The second kappa shape index (κ2) is 10.2. The highest BCUT2D eigenvalue weighted by atomic mass is 32.2. The Kier molecular flexibility index (Phi) is 7.36. The molecule has 32 heavy (non-hydrogen) atoms. The fourth-order valence-electron chi connectivity index (χ4n) is 3.09. The predicted molar refractivity (Wildman–Crippen MR) is 113 cm³/mol. The molecule has 0 spiro atoms. The third-order valence-corrected chi connectivity index (χ3v) is 5.97. The Bertz CT molecular complexity index is 976. The average Bonchev–Trinajstić information content (AvgIpc) is 2.78. The molecule has 0 aliphatic carbocycles. The summed E-state index contributed by atoms with van der Waals surface area (Å²) in [4.78, 5) is 53.5. The third-order valence-electron chi connectivity index (χ3n) is 4.63. The lowest BCUT2D eigenvalue weighted by atomic mass is 10.0. The van der Waals surface area contributed by atoms with Gasteiger partial charge in [0.2, 0.25) is 0 Å². The van der Waals surface area contributed by atoms with Crippen molar-refractivity contribution in [2.45, 2.75) is 24.9 Å². The number of methoxy groups -OCH3 is 1. The topological polar surface area (TPSA) is 144 Å². The van der Waals surface area contributed by atoms with Crippen LogP contribution in [0.25, 0.3) is 0 Å². The Balaban J connectivity index is 1.53. The van der Waals surface area contributed by atoms with E-state index in [-0.39, 0.29) is 24.7 Å². The molecule has 2 amide bonds. The number of amides is 2. The summed E-state index contributed by atoms with van der Waals surface area (Å²) < 4.78 is 9.94. The van der Waals surface area contributed by atoms with Crippen LogP contribution >= 0.6 is 11.8 Å². The zero-order valence-corrected chi connectivity index (χ0v) is 18.1. The van der Waals surface area contributed by atoms with Crippen LogP contribution < -0.4 is 10.1 Å². The summed E-state index contributed by atoms with van der Waals surface area (Å²) in [7, 11) is 1.56. The van der Waals surface area contributed by atoms with Gasteiger partial charge in [-0.25, -0.2) is 4.79 Å². The lowest BCUT2D eigenvalue weighted by molar-refractivity contribution is -0.150. The molecule has 0 radical (unpaired) electrons. The Hall–Kier alpha value is -3.54. The Morgan fingerprint density at radius 2 is 2.00 bits per heavy atom. The van der Waals surface area contributed by atoms with Crippen molar-refractivity contribution in [3.8, 4) is 5.75 Å². The lowest BCUT2D eigenvalue weighted by Gasteiger charge is -2.49. The number of rotatable bonds is 9. The van der Waals surface area contributed by atoms with Crippen molar-refractivity contribution < 1.29 is 38.6 Å². The zero-order valence-electron chi connectivity index (χ0n) is 17.3. The summed E-state index contributed by atoms with van der Waals surface area (Å²) in [5, 5.41) is 15.0. The fourth-order valence-corrected chi connectivity index (χ4v) is 4.42. The molecule has 2 heterocycles. The number of nitrogens with one attached hydrogen (secondary N) is 1. The number of fused-ring (bicyclic) bond motifs is 1. The summed E-state index contributed by atoms with van der Waals surface area (Å²) >= 11 is 1.27. The SMILES string of the molecule is COc1ccc(CO/N=C/C(=O)N[C@@H]2C(=O)N3C(C(=O)O)=C(COC(C)=O)CS[C@H]23)cc1. The van der Waals surface area contributed by atoms with Gasteiger partial charge in [-0.2, -0.15) is 0 Å². The molecule has 1 fully saturated rings. The maximum absolute atomic E-state index is 12.5. The minimum atomic E-state index is -1.30. The molecule has 2 aliphatic heterocycles. The molecular weight excluding hydrogens is 442 g/mol. The van der Waals surface area contributed by atoms with E-state index in [1.807, 2.05) is 0 Å². The number of carboxylic acids is 1. The maximum Gasteiger partial charge on any atom is 0.352 e. The smallest absolute Gasteiger partial charge is 0.352 e. The van der Waals surface area contributed by atoms with Gasteiger partial charge in [0.15, 0.2) is 0 Å². The van der Waals surface area contributed by atoms with Crippen LogP contribution in [0.4, 0.5) is 0 Å². The summed E-state index contributed by atoms with van der Waals surface area (Å²) in [6.45, 7) is 1.14. The van der Waals surface area contributed by atoms with Crippen molar-refractivity contribution in [1.29, 1.82) is 0 Å². The van der Waals surface area contributed by atoms with E-state index < -0.39 is 35.2 Å². The van der Waals surface area contributed by atoms with E-state index in [2.05, 4.69) is 10.5 Å². The number of nitrogens with zero attached hydrogens (tertiary/aromatic N) is 2. The predicted octanol–water partition coefficient (Wildman–Crippen LogP) is 0.499. The van der Waals surface area contributed by atoms with Gasteiger partial charge in [-0.15, -0.1) is 11.8 Å². The minimum absolute atomic E-state index is 0.139. The van der Waals surface area contributed by atoms with Gasteiger partial charge in [-0.3, -0.25) is 19.3 Å². The quantitative estimate of drug-likeness (QED) is 0.231. The molecule has 170 valence electrons. The number of oxime groups is 1. The van der Waals surface area contributed by atoms with Crippen LogP contribution in [0.15, 0.2) is 40.7 Å². The van der Waals surface area contributed by atoms with Crippen LogP contribution in [0, 0.1) is 0 Å². The van der Waals surface area contributed by atoms with E-state index in [9.17, 15) is 24.3 Å². The van der Waals surface area contributed by atoms with Gasteiger partial charge in [0, 0.05) is 18.2 Å². The monoisotopic (exact) mass is 463 g/mol. The summed E-state index contributed by atoms with van der Waals surface area (Å²) in [5.74, 6) is -2.12. The number of esters is 1. The Morgan fingerprint density at radius 3 is 2.62 bits per heavy atom. The number of hydrogen-bond acceptors (Lipinski definition) is 9. The van der Waals surface area contributed by atoms with Gasteiger partial charge in [0.05, 0.1) is 7.11 Å². The largest absolute Gasteiger partial charge is 0.497 e. The second-order valence-electron chi connectivity index (χ2n) is 6.79. The van der Waals surface area contributed by atoms with E-state index in [1.165, 1.54) is 18.7 Å². The van der Waals surface area contributed by atoms with Crippen LogP contribution in [0.5, 0.6) is 5.75 Å². The molecule has 2 N–H and O–H groups in total. The summed E-state index contributed by atoms with van der Waals surface area (Å²) in [5.41, 5.74) is 0.923. The van der Waals surface area contributed by atoms with Crippen LogP contribution in [0.2, 0.25) is 0 Å². The van der Waals surface area contributed by atoms with E-state index in [4.69, 9.17) is 14.3 Å². The Morgan fingerprint density at radius 1 is 1.28 bits per heavy atom. The highest BCUT2D eigenvalue weighted by Crippen LogP contribution is 2.40. The van der Waals surface area contributed by atoms with E-state index in [1.54, 1.807) is 31.4 Å². The highest BCUT2D eigenvalue weighted by Gasteiger charge is 2.54. The molecule has 0 aromatic heterocycles. The average molecular weight is 463 g/mol. The highest BCUT2D eigenvalue weighted by molar-refractivity contribution is 8.00. The van der Waals surface area contributed by atoms with Gasteiger partial charge in [0.25, 0.3) is 11.8 Å². The van der Waals surface area contributed by atoms with Crippen LogP contribution in [0.1, 0.15) is 12.5 Å². The van der Waals surface area contributed by atoms with Crippen LogP contribution in [0.3, 0.4) is 0 Å². The van der Waals surface area contributed by atoms with Crippen molar-refractivity contribution in [1.82, 2.24) is 10.2 Å². The first-order chi connectivity index (χ1) is 15.3. The van der Waals surface area contributed by atoms with E-state index in [0.29, 0.717) is 11.3 Å². The number of aliphatic carboxylic acids is 1. The van der Waals surface area contributed by atoms with Crippen LogP contribution in [-0.4, -0.2) is 70.9 Å². The minimum Gasteiger partial charge on any atom is -0.497 e. The molecule has 1 aromatic carbocycles. The molecular formula is C20H21N3O8S. The van der Waals surface area contributed by atoms with Gasteiger partial charge in [0.1, 0.15) is 42.3 Å². The maximum atomic E-state index is 12.5. The molecule has 0 bridgehead atoms. The number of carbonyl (C=O) groups excluding carboxylic acids is 3. The molecule has 2 atom stereocenters. The van der Waals surface area contributed by atoms with E-state index in [0.717, 1.165) is 16.7 Å². The van der Waals surface area contributed by atoms with Crippen LogP contribution in [-0.2, 0) is 35.4 Å². The fraction of sp³-hybridized carbons (Fsp3) is 0.350. The molecule has 3 rings (SSSR count). The summed E-state index contributed by atoms with van der Waals surface area (Å²) in [6, 6.07) is 6.22. The van der Waals surface area contributed by atoms with Crippen molar-refractivity contribution >= 4 is 41.7 Å². The number of ether oxygens (including phenoxy) is 2. The Labute approximate surface area is 187 Å². The number of thioether (sulfide) groups is 1. The second-order valence-corrected chi connectivity index (χ2v) is 7.89. The number of β-lactam (4-membered cyclic amide) rings is 1. The molecule has 1 aromatic rings. The normalized spacial score (nSPS) is 19.8. The third kappa shape index (κ3) is 5.19. The standard InChI is InChI=1S/C20H21N3O8S/c1-11(24)30-9-13-10-32-19-16(18(26)23(19)17(13)20(27)28)22-15(25)7-21-31-8-12-3-5-14(29-2)6-4-12/h3-7,16,19H,8-10H2,1-2H3,(H,22,25)(H,27,28)/b21-7+/t16-,19-/m1/s1. The molecule has 11 nitrogen and oxygen atoms in total. The zero-order chi connectivity index (χ0) is 23.3. The first kappa shape index (κ1) is 23.1. The molecule has 12 heteroatoms. The van der Waals surface area contributed by atoms with Gasteiger partial charge in [-0.05, 0) is 17.7 Å². The lowest BCUT2D eigenvalue weighted by Crippen LogP contribution is -2.70. The first-order valence-corrected chi connectivity index (χ1v) is 10.5. The van der Waals surface area contributed by atoms with E-state index >= 15 is 0 Å². The van der Waals surface area contributed by atoms with Gasteiger partial charge in [-0.1, -0.05) is 17.3 Å². The number of hydrogen-bond donors (Lipinski definition) is 2. The summed E-state index contributed by atoms with van der Waals surface area (Å²) in [6.07, 6.45) is 0.910. The van der Waals surface area contributed by atoms with Gasteiger partial charge >= 0.3 is 11.9 Å². The molecule has 2 aliphatic rings. The number of benzene rings is 1. The number of carboxylic acid groups (broad SMARTS) is 1. The van der Waals surface area contributed by atoms with Crippen molar-refractivity contribution in [2.24, 2.45) is 5.16 Å². The first-order valence-electron chi connectivity index (χ1n) is 9.44. The van der Waals surface area contributed by atoms with Crippen molar-refractivity contribution in [3.63, 3.8) is 0 Å². The van der Waals surface area contributed by atoms with Gasteiger partial charge < -0.3 is 24.7 Å². The van der Waals surface area contributed by atoms with Crippen molar-refractivity contribution in [3.05, 3.63) is 41.1 Å².